The minimum absolute atomic E-state index is 0.141. The van der Waals surface area contributed by atoms with Crippen LogP contribution in [0, 0.1) is 28.6 Å². The molecule has 0 heterocycles. The number of carbonyl (C=O) groups is 1. The maximum Gasteiger partial charge on any atom is 0.333 e. The summed E-state index contributed by atoms with van der Waals surface area (Å²) in [6.07, 6.45) is 9.82. The molecule has 0 aromatic carbocycles. The number of esters is 1. The van der Waals surface area contributed by atoms with Crippen molar-refractivity contribution in [3.63, 3.8) is 0 Å². The highest BCUT2D eigenvalue weighted by molar-refractivity contribution is 5.89. The third-order valence-electron chi connectivity index (χ3n) is 7.01. The van der Waals surface area contributed by atoms with Crippen LogP contribution in [0.15, 0.2) is 11.6 Å². The number of allylic oxidation sites excluding steroid dienone is 1. The van der Waals surface area contributed by atoms with E-state index in [-0.39, 0.29) is 23.9 Å². The predicted octanol–water partition coefficient (Wildman–Crippen LogP) is 4.74. The lowest BCUT2D eigenvalue weighted by molar-refractivity contribution is -0.139. The zero-order valence-corrected chi connectivity index (χ0v) is 16.2. The molecule has 2 aliphatic carbocycles. The molecule has 3 heteroatoms. The first-order valence-corrected chi connectivity index (χ1v) is 9.65. The standard InChI is InChI=1S/C21H36O3/c1-15(11-14-22)7-9-17-16(19(23)24-5)8-10-18-20(2,3)12-6-13-21(17,18)4/h8,15,17-18,22H,6-7,9-14H2,1-5H3/t15-,17-,18-,21+/m0/s1. The highest BCUT2D eigenvalue weighted by Crippen LogP contribution is 2.60. The third kappa shape index (κ3) is 3.71. The molecule has 0 aliphatic heterocycles. The molecule has 2 aliphatic rings. The van der Waals surface area contributed by atoms with E-state index in [1.807, 2.05) is 0 Å². The fraction of sp³-hybridized carbons (Fsp3) is 0.857. The van der Waals surface area contributed by atoms with Crippen LogP contribution < -0.4 is 0 Å². The molecule has 1 fully saturated rings. The normalized spacial score (nSPS) is 33.3. The number of rotatable bonds is 6. The van der Waals surface area contributed by atoms with E-state index in [1.54, 1.807) is 0 Å². The van der Waals surface area contributed by atoms with E-state index in [1.165, 1.54) is 26.4 Å². The monoisotopic (exact) mass is 336 g/mol. The van der Waals surface area contributed by atoms with Gasteiger partial charge in [0.1, 0.15) is 0 Å². The Kier molecular flexibility index (Phi) is 6.17. The number of methoxy groups -OCH3 is 1. The second kappa shape index (κ2) is 7.59. The van der Waals surface area contributed by atoms with Crippen molar-refractivity contribution in [3.05, 3.63) is 11.6 Å². The first-order chi connectivity index (χ1) is 11.3. The molecule has 24 heavy (non-hydrogen) atoms. The van der Waals surface area contributed by atoms with E-state index in [9.17, 15) is 9.90 Å². The van der Waals surface area contributed by atoms with Gasteiger partial charge in [-0.1, -0.05) is 46.6 Å². The van der Waals surface area contributed by atoms with Crippen molar-refractivity contribution >= 4 is 5.97 Å². The smallest absolute Gasteiger partial charge is 0.333 e. The third-order valence-corrected chi connectivity index (χ3v) is 7.01. The van der Waals surface area contributed by atoms with Crippen LogP contribution in [0.1, 0.15) is 72.6 Å². The number of hydrogen-bond acceptors (Lipinski definition) is 3. The second-order valence-electron chi connectivity index (χ2n) is 9.03. The number of ether oxygens (including phenoxy) is 1. The number of carbonyl (C=O) groups excluding carboxylic acids is 1. The molecule has 0 bridgehead atoms. The lowest BCUT2D eigenvalue weighted by atomic mass is 9.48. The average molecular weight is 337 g/mol. The highest BCUT2D eigenvalue weighted by Gasteiger charge is 2.53. The summed E-state index contributed by atoms with van der Waals surface area (Å²) in [7, 11) is 1.49. The molecule has 138 valence electrons. The molecule has 0 spiro atoms. The summed E-state index contributed by atoms with van der Waals surface area (Å²) in [4.78, 5) is 12.4. The van der Waals surface area contributed by atoms with Crippen molar-refractivity contribution < 1.29 is 14.6 Å². The van der Waals surface area contributed by atoms with Crippen LogP contribution in [0.2, 0.25) is 0 Å². The van der Waals surface area contributed by atoms with Crippen LogP contribution >= 0.6 is 0 Å². The Morgan fingerprint density at radius 1 is 1.33 bits per heavy atom. The van der Waals surface area contributed by atoms with Gasteiger partial charge in [-0.25, -0.2) is 4.79 Å². The number of aliphatic hydroxyl groups excluding tert-OH is 1. The molecule has 1 N–H and O–H groups in total. The van der Waals surface area contributed by atoms with Crippen molar-refractivity contribution in [2.45, 2.75) is 72.6 Å². The first kappa shape index (κ1) is 19.5. The van der Waals surface area contributed by atoms with Gasteiger partial charge in [-0.15, -0.1) is 0 Å². The molecule has 0 saturated heterocycles. The molecular formula is C21H36O3. The van der Waals surface area contributed by atoms with Gasteiger partial charge >= 0.3 is 5.97 Å². The van der Waals surface area contributed by atoms with E-state index < -0.39 is 0 Å². The van der Waals surface area contributed by atoms with Gasteiger partial charge in [0.05, 0.1) is 7.11 Å². The summed E-state index contributed by atoms with van der Waals surface area (Å²) in [5.41, 5.74) is 1.42. The van der Waals surface area contributed by atoms with Gasteiger partial charge in [0.2, 0.25) is 0 Å². The number of hydrogen-bond donors (Lipinski definition) is 1. The Morgan fingerprint density at radius 2 is 2.04 bits per heavy atom. The SMILES string of the molecule is COC(=O)C1=CC[C@H]2C(C)(C)CCC[C@]2(C)[C@H]1CC[C@H](C)CCO. The molecule has 0 radical (unpaired) electrons. The van der Waals surface area contributed by atoms with Gasteiger partial charge in [0.15, 0.2) is 0 Å². The molecule has 1 saturated carbocycles. The summed E-state index contributed by atoms with van der Waals surface area (Å²) in [6, 6.07) is 0. The molecule has 3 nitrogen and oxygen atoms in total. The summed E-state index contributed by atoms with van der Waals surface area (Å²) in [5.74, 6) is 1.27. The second-order valence-corrected chi connectivity index (χ2v) is 9.03. The van der Waals surface area contributed by atoms with Gasteiger partial charge in [0, 0.05) is 12.2 Å². The van der Waals surface area contributed by atoms with E-state index in [0.29, 0.717) is 17.3 Å². The van der Waals surface area contributed by atoms with E-state index in [2.05, 4.69) is 33.8 Å². The highest BCUT2D eigenvalue weighted by atomic mass is 16.5. The number of fused-ring (bicyclic) bond motifs is 1. The van der Waals surface area contributed by atoms with Crippen LogP contribution in [0.4, 0.5) is 0 Å². The van der Waals surface area contributed by atoms with Gasteiger partial charge in [0.25, 0.3) is 0 Å². The molecule has 0 amide bonds. The summed E-state index contributed by atoms with van der Waals surface area (Å²) >= 11 is 0. The van der Waals surface area contributed by atoms with Crippen molar-refractivity contribution in [3.8, 4) is 0 Å². The van der Waals surface area contributed by atoms with E-state index >= 15 is 0 Å². The molecule has 0 unspecified atom stereocenters. The van der Waals surface area contributed by atoms with Crippen molar-refractivity contribution in [1.29, 1.82) is 0 Å². The summed E-state index contributed by atoms with van der Waals surface area (Å²) in [5, 5.41) is 9.17. The molecule has 4 atom stereocenters. The largest absolute Gasteiger partial charge is 0.466 e. The molecular weight excluding hydrogens is 300 g/mol. The van der Waals surface area contributed by atoms with Gasteiger partial charge in [-0.3, -0.25) is 0 Å². The Bertz CT molecular complexity index is 479. The zero-order chi connectivity index (χ0) is 18.0. The quantitative estimate of drug-likeness (QED) is 0.713. The van der Waals surface area contributed by atoms with Crippen LogP contribution in [0.5, 0.6) is 0 Å². The van der Waals surface area contributed by atoms with Crippen LogP contribution in [-0.4, -0.2) is 24.8 Å². The fourth-order valence-corrected chi connectivity index (χ4v) is 5.56. The molecule has 0 aromatic rings. The van der Waals surface area contributed by atoms with E-state index in [4.69, 9.17) is 4.74 Å². The Hall–Kier alpha value is -0.830. The fourth-order valence-electron chi connectivity index (χ4n) is 5.56. The minimum atomic E-state index is -0.141. The topological polar surface area (TPSA) is 46.5 Å². The van der Waals surface area contributed by atoms with Gasteiger partial charge in [-0.05, 0) is 60.7 Å². The van der Waals surface area contributed by atoms with Crippen LogP contribution in [-0.2, 0) is 9.53 Å². The number of aliphatic hydroxyl groups is 1. The maximum absolute atomic E-state index is 12.4. The average Bonchev–Trinajstić information content (AvgIpc) is 2.51. The van der Waals surface area contributed by atoms with Crippen molar-refractivity contribution in [2.24, 2.45) is 28.6 Å². The Labute approximate surface area is 147 Å². The summed E-state index contributed by atoms with van der Waals surface area (Å²) < 4.78 is 5.10. The lowest BCUT2D eigenvalue weighted by Gasteiger charge is -2.56. The lowest BCUT2D eigenvalue weighted by Crippen LogP contribution is -2.49. The first-order valence-electron chi connectivity index (χ1n) is 9.65. The molecule has 2 rings (SSSR count). The van der Waals surface area contributed by atoms with Crippen LogP contribution in [0.3, 0.4) is 0 Å². The maximum atomic E-state index is 12.4. The van der Waals surface area contributed by atoms with E-state index in [0.717, 1.165) is 31.3 Å². The van der Waals surface area contributed by atoms with Crippen LogP contribution in [0.25, 0.3) is 0 Å². The summed E-state index contributed by atoms with van der Waals surface area (Å²) in [6.45, 7) is 9.66. The molecule has 0 aromatic heterocycles. The van der Waals surface area contributed by atoms with Crippen molar-refractivity contribution in [1.82, 2.24) is 0 Å². The van der Waals surface area contributed by atoms with Gasteiger partial charge in [-0.2, -0.15) is 0 Å². The van der Waals surface area contributed by atoms with Gasteiger partial charge < -0.3 is 9.84 Å². The Morgan fingerprint density at radius 3 is 2.67 bits per heavy atom. The predicted molar refractivity (Wildman–Crippen MR) is 97.5 cm³/mol. The minimum Gasteiger partial charge on any atom is -0.466 e. The zero-order valence-electron chi connectivity index (χ0n) is 16.2. The van der Waals surface area contributed by atoms with Crippen molar-refractivity contribution in [2.75, 3.05) is 13.7 Å². The Balaban J connectivity index is 2.29.